The zero-order valence-electron chi connectivity index (χ0n) is 37.2. The lowest BCUT2D eigenvalue weighted by atomic mass is 9.64. The highest BCUT2D eigenvalue weighted by Crippen LogP contribution is 2.57. The minimum Gasteiger partial charge on any atom is -0.420 e. The summed E-state index contributed by atoms with van der Waals surface area (Å²) in [6.07, 6.45) is 16.1. The normalized spacial score (nSPS) is 13.8. The van der Waals surface area contributed by atoms with Crippen molar-refractivity contribution in [3.63, 3.8) is 0 Å². The summed E-state index contributed by atoms with van der Waals surface area (Å²) in [5.41, 5.74) is 14.7. The van der Waals surface area contributed by atoms with E-state index in [9.17, 15) is 0 Å². The van der Waals surface area contributed by atoms with Crippen molar-refractivity contribution >= 4 is 17.1 Å². The second-order valence-corrected chi connectivity index (χ2v) is 17.7. The van der Waals surface area contributed by atoms with Crippen LogP contribution in [0.4, 0.5) is 17.1 Å². The van der Waals surface area contributed by atoms with Gasteiger partial charge in [0.25, 0.3) is 0 Å². The second-order valence-electron chi connectivity index (χ2n) is 17.7. The molecule has 0 saturated heterocycles. The fourth-order valence-electron chi connectivity index (χ4n) is 10.9. The van der Waals surface area contributed by atoms with E-state index in [1.807, 2.05) is 12.3 Å². The van der Waals surface area contributed by atoms with Crippen molar-refractivity contribution in [1.29, 1.82) is 0 Å². The van der Waals surface area contributed by atoms with Crippen LogP contribution < -0.4 is 9.64 Å². The van der Waals surface area contributed by atoms with Crippen LogP contribution in [0.25, 0.3) is 22.3 Å². The Morgan fingerprint density at radius 3 is 1.66 bits per heavy atom. The van der Waals surface area contributed by atoms with E-state index in [0.717, 1.165) is 52.2 Å². The SMILES string of the molecule is CCCCCCC1(CCCCCC)c2ccccc2-c2ccc(N(c3ccc(-c4ccccc4)cc3)c3cnc4c(c3)C(c3ccccc3)(c3ccccc3)c3cccnc3O4)cc21. The van der Waals surface area contributed by atoms with E-state index in [-0.39, 0.29) is 5.41 Å². The van der Waals surface area contributed by atoms with Gasteiger partial charge in [-0.25, -0.2) is 9.97 Å². The third-order valence-electron chi connectivity index (χ3n) is 13.9. The average Bonchev–Trinajstić information content (AvgIpc) is 3.63. The zero-order chi connectivity index (χ0) is 43.4. The van der Waals surface area contributed by atoms with Crippen LogP contribution in [0.5, 0.6) is 11.8 Å². The molecule has 1 aliphatic heterocycles. The van der Waals surface area contributed by atoms with Crippen molar-refractivity contribution in [2.75, 3.05) is 4.90 Å². The Balaban J connectivity index is 1.19. The van der Waals surface area contributed by atoms with Crippen molar-refractivity contribution < 1.29 is 4.74 Å². The van der Waals surface area contributed by atoms with Gasteiger partial charge in [0.05, 0.1) is 17.3 Å². The first-order chi connectivity index (χ1) is 31.7. The Bertz CT molecular complexity index is 2790. The van der Waals surface area contributed by atoms with Crippen LogP contribution in [0.2, 0.25) is 0 Å². The summed E-state index contributed by atoms with van der Waals surface area (Å²) >= 11 is 0. The lowest BCUT2D eigenvalue weighted by Crippen LogP contribution is -2.35. The number of rotatable bonds is 16. The van der Waals surface area contributed by atoms with Crippen molar-refractivity contribution in [3.8, 4) is 34.0 Å². The predicted molar refractivity (Wildman–Crippen MR) is 264 cm³/mol. The molecule has 3 heterocycles. The maximum atomic E-state index is 6.68. The molecule has 318 valence electrons. The van der Waals surface area contributed by atoms with Gasteiger partial charge in [-0.1, -0.05) is 205 Å². The van der Waals surface area contributed by atoms with Crippen molar-refractivity contribution in [3.05, 3.63) is 222 Å². The van der Waals surface area contributed by atoms with Gasteiger partial charge in [0.2, 0.25) is 11.8 Å². The van der Waals surface area contributed by atoms with Crippen LogP contribution in [0.1, 0.15) is 111 Å². The van der Waals surface area contributed by atoms with Gasteiger partial charge in [0, 0.05) is 34.1 Å². The summed E-state index contributed by atoms with van der Waals surface area (Å²) < 4.78 is 6.68. The Kier molecular flexibility index (Phi) is 11.7. The van der Waals surface area contributed by atoms with E-state index >= 15 is 0 Å². The Morgan fingerprint density at radius 1 is 0.438 bits per heavy atom. The maximum absolute atomic E-state index is 6.68. The molecule has 0 unspecified atom stereocenters. The number of fused-ring (bicyclic) bond motifs is 5. The lowest BCUT2D eigenvalue weighted by molar-refractivity contribution is 0.400. The average molecular weight is 836 g/mol. The number of nitrogens with zero attached hydrogens (tertiary/aromatic N) is 3. The lowest BCUT2D eigenvalue weighted by Gasteiger charge is -2.40. The number of benzene rings is 6. The Morgan fingerprint density at radius 2 is 0.984 bits per heavy atom. The largest absolute Gasteiger partial charge is 0.420 e. The third kappa shape index (κ3) is 7.29. The molecule has 64 heavy (non-hydrogen) atoms. The number of pyridine rings is 2. The van der Waals surface area contributed by atoms with E-state index in [0.29, 0.717) is 11.8 Å². The minimum absolute atomic E-state index is 0.0549. The molecule has 0 spiro atoms. The van der Waals surface area contributed by atoms with Gasteiger partial charge < -0.3 is 9.64 Å². The molecule has 1 aliphatic carbocycles. The van der Waals surface area contributed by atoms with E-state index < -0.39 is 5.41 Å². The van der Waals surface area contributed by atoms with Crippen LogP contribution in [0, 0.1) is 0 Å². The van der Waals surface area contributed by atoms with Crippen LogP contribution in [0.15, 0.2) is 188 Å². The Labute approximate surface area is 379 Å². The highest BCUT2D eigenvalue weighted by molar-refractivity contribution is 5.86. The highest BCUT2D eigenvalue weighted by Gasteiger charge is 2.47. The first-order valence-electron chi connectivity index (χ1n) is 23.6. The van der Waals surface area contributed by atoms with E-state index in [2.05, 4.69) is 189 Å². The van der Waals surface area contributed by atoms with Crippen molar-refractivity contribution in [2.24, 2.45) is 0 Å². The summed E-state index contributed by atoms with van der Waals surface area (Å²) in [5, 5.41) is 0. The molecular weight excluding hydrogens is 779 g/mol. The van der Waals surface area contributed by atoms with Gasteiger partial charge in [0.1, 0.15) is 0 Å². The number of hydrogen-bond acceptors (Lipinski definition) is 4. The third-order valence-corrected chi connectivity index (χ3v) is 13.9. The first kappa shape index (κ1) is 41.2. The molecular formula is C60H57N3O. The molecule has 0 amide bonds. The van der Waals surface area contributed by atoms with Gasteiger partial charge in [0.15, 0.2) is 0 Å². The summed E-state index contributed by atoms with van der Waals surface area (Å²) in [7, 11) is 0. The van der Waals surface area contributed by atoms with Gasteiger partial charge in [-0.3, -0.25) is 0 Å². The molecule has 0 fully saturated rings. The van der Waals surface area contributed by atoms with Crippen LogP contribution in [0.3, 0.4) is 0 Å². The fraction of sp³-hybridized carbons (Fsp3) is 0.233. The number of anilines is 3. The monoisotopic (exact) mass is 835 g/mol. The van der Waals surface area contributed by atoms with E-state index in [1.165, 1.54) is 84.7 Å². The van der Waals surface area contributed by atoms with E-state index in [4.69, 9.17) is 14.7 Å². The summed E-state index contributed by atoms with van der Waals surface area (Å²) in [6, 6.07) is 64.3. The molecule has 0 radical (unpaired) electrons. The number of ether oxygens (including phenoxy) is 1. The molecule has 6 aromatic carbocycles. The van der Waals surface area contributed by atoms with Crippen LogP contribution in [-0.2, 0) is 10.8 Å². The smallest absolute Gasteiger partial charge is 0.226 e. The quantitative estimate of drug-likeness (QED) is 0.0909. The fourth-order valence-corrected chi connectivity index (χ4v) is 10.9. The van der Waals surface area contributed by atoms with Crippen molar-refractivity contribution in [2.45, 2.75) is 88.9 Å². The number of unbranched alkanes of at least 4 members (excludes halogenated alkanes) is 6. The highest BCUT2D eigenvalue weighted by atomic mass is 16.5. The second kappa shape index (κ2) is 18.1. The Hall–Kier alpha value is -6.78. The summed E-state index contributed by atoms with van der Waals surface area (Å²) in [5.74, 6) is 1.13. The molecule has 0 saturated carbocycles. The van der Waals surface area contributed by atoms with Gasteiger partial charge in [-0.05, 0) is 93.7 Å². The number of hydrogen-bond donors (Lipinski definition) is 0. The van der Waals surface area contributed by atoms with Gasteiger partial charge >= 0.3 is 0 Å². The molecule has 4 heteroatoms. The zero-order valence-corrected chi connectivity index (χ0v) is 37.2. The van der Waals surface area contributed by atoms with Crippen molar-refractivity contribution in [1.82, 2.24) is 9.97 Å². The number of aromatic nitrogens is 2. The topological polar surface area (TPSA) is 38.2 Å². The summed E-state index contributed by atoms with van der Waals surface area (Å²) in [6.45, 7) is 4.63. The standard InChI is InChI=1S/C60H57N3O/c1-3-5-7-20-38-59(39-21-8-6-4-2)53-30-19-18-29-51(53)52-37-36-49(41-55(52)59)63(48-34-32-45(33-35-48)44-23-12-9-13-24-44)50-42-56-58(62-43-50)64-57-54(31-22-40-61-57)60(56,46-25-14-10-15-26-46)47-27-16-11-17-28-47/h9-19,22-37,40-43H,3-8,20-21,38-39H2,1-2H3. The summed E-state index contributed by atoms with van der Waals surface area (Å²) in [4.78, 5) is 12.5. The molecule has 0 atom stereocenters. The molecule has 0 N–H and O–H groups in total. The van der Waals surface area contributed by atoms with Gasteiger partial charge in [-0.15, -0.1) is 0 Å². The molecule has 2 aliphatic rings. The van der Waals surface area contributed by atoms with Crippen LogP contribution >= 0.6 is 0 Å². The molecule has 8 aromatic rings. The van der Waals surface area contributed by atoms with Crippen LogP contribution in [-0.4, -0.2) is 9.97 Å². The minimum atomic E-state index is -0.753. The van der Waals surface area contributed by atoms with E-state index in [1.54, 1.807) is 6.20 Å². The maximum Gasteiger partial charge on any atom is 0.226 e. The van der Waals surface area contributed by atoms with Gasteiger partial charge in [-0.2, -0.15) is 0 Å². The molecule has 4 nitrogen and oxygen atoms in total. The molecule has 2 aromatic heterocycles. The predicted octanol–water partition coefficient (Wildman–Crippen LogP) is 16.3. The molecule has 10 rings (SSSR count). The molecule has 0 bridgehead atoms. The first-order valence-corrected chi connectivity index (χ1v) is 23.6.